The fraction of sp³-hybridized carbons (Fsp3) is 0.524. The second-order valence-electron chi connectivity index (χ2n) is 8.22. The first-order chi connectivity index (χ1) is 13.3. The third-order valence-electron chi connectivity index (χ3n) is 5.12. The monoisotopic (exact) mass is 386 g/mol. The summed E-state index contributed by atoms with van der Waals surface area (Å²) in [6.07, 6.45) is 7.81. The van der Waals surface area contributed by atoms with Crippen LogP contribution in [0, 0.1) is 23.2 Å². The Morgan fingerprint density at radius 1 is 1.43 bits per heavy atom. The molecule has 1 fully saturated rings. The van der Waals surface area contributed by atoms with E-state index in [0.29, 0.717) is 30.8 Å². The first-order valence-electron chi connectivity index (χ1n) is 9.72. The lowest BCUT2D eigenvalue weighted by Gasteiger charge is -2.16. The van der Waals surface area contributed by atoms with Gasteiger partial charge in [0.1, 0.15) is 11.5 Å². The van der Waals surface area contributed by atoms with Crippen molar-refractivity contribution in [2.24, 2.45) is 17.8 Å². The van der Waals surface area contributed by atoms with E-state index in [9.17, 15) is 14.0 Å². The van der Waals surface area contributed by atoms with E-state index < -0.39 is 5.67 Å². The molecule has 7 heteroatoms. The Labute approximate surface area is 164 Å². The van der Waals surface area contributed by atoms with Crippen LogP contribution in [0.1, 0.15) is 49.9 Å². The molecule has 2 atom stereocenters. The summed E-state index contributed by atoms with van der Waals surface area (Å²) < 4.78 is 13.6. The van der Waals surface area contributed by atoms with Gasteiger partial charge in [0.25, 0.3) is 5.91 Å². The van der Waals surface area contributed by atoms with E-state index in [1.807, 2.05) is 6.08 Å². The molecule has 0 spiro atoms. The van der Waals surface area contributed by atoms with Crippen molar-refractivity contribution in [3.63, 3.8) is 0 Å². The van der Waals surface area contributed by atoms with Gasteiger partial charge in [0.2, 0.25) is 5.91 Å². The van der Waals surface area contributed by atoms with Crippen molar-refractivity contribution in [2.75, 3.05) is 11.9 Å². The summed E-state index contributed by atoms with van der Waals surface area (Å²) in [6.45, 7) is 3.46. The summed E-state index contributed by atoms with van der Waals surface area (Å²) in [4.78, 5) is 28.4. The highest BCUT2D eigenvalue weighted by atomic mass is 19.1. The molecule has 1 aromatic heterocycles. The number of aromatic nitrogens is 1. The molecule has 150 valence electrons. The molecule has 0 aliphatic heterocycles. The number of halogens is 1. The Morgan fingerprint density at radius 2 is 2.18 bits per heavy atom. The van der Waals surface area contributed by atoms with Gasteiger partial charge in [-0.05, 0) is 51.7 Å². The Balaban J connectivity index is 1.48. The molecule has 2 aliphatic rings. The average molecular weight is 386 g/mol. The molecule has 1 aromatic rings. The molecule has 28 heavy (non-hydrogen) atoms. The molecule has 6 nitrogen and oxygen atoms in total. The molecule has 2 aliphatic carbocycles. The molecular formula is C21H27FN4O2. The van der Waals surface area contributed by atoms with E-state index in [0.717, 1.165) is 18.4 Å². The van der Waals surface area contributed by atoms with Gasteiger partial charge < -0.3 is 16.0 Å². The highest BCUT2D eigenvalue weighted by molar-refractivity contribution is 5.97. The van der Waals surface area contributed by atoms with Crippen LogP contribution in [0.3, 0.4) is 0 Å². The maximum Gasteiger partial charge on any atom is 0.251 e. The molecule has 0 aromatic carbocycles. The van der Waals surface area contributed by atoms with Gasteiger partial charge in [-0.2, -0.15) is 0 Å². The molecule has 3 rings (SSSR count). The van der Waals surface area contributed by atoms with E-state index in [1.54, 1.807) is 26.0 Å². The van der Waals surface area contributed by atoms with Crippen molar-refractivity contribution in [1.82, 2.24) is 10.3 Å². The zero-order valence-corrected chi connectivity index (χ0v) is 16.3. The van der Waals surface area contributed by atoms with Gasteiger partial charge in [0, 0.05) is 42.3 Å². The maximum atomic E-state index is 13.6. The minimum atomic E-state index is -1.20. The third-order valence-corrected chi connectivity index (χ3v) is 5.12. The van der Waals surface area contributed by atoms with Gasteiger partial charge >= 0.3 is 0 Å². The van der Waals surface area contributed by atoms with Crippen LogP contribution in [0.5, 0.6) is 0 Å². The quantitative estimate of drug-likeness (QED) is 0.424. The Kier molecular flexibility index (Phi) is 5.91. The number of carbonyl (C=O) groups is 2. The highest BCUT2D eigenvalue weighted by Gasteiger charge is 2.33. The number of anilines is 1. The summed E-state index contributed by atoms with van der Waals surface area (Å²) in [5.41, 5.74) is 0.367. The van der Waals surface area contributed by atoms with E-state index in [-0.39, 0.29) is 29.6 Å². The van der Waals surface area contributed by atoms with Gasteiger partial charge in [-0.3, -0.25) is 9.59 Å². The van der Waals surface area contributed by atoms with E-state index in [1.165, 1.54) is 12.4 Å². The predicted molar refractivity (Wildman–Crippen MR) is 106 cm³/mol. The summed E-state index contributed by atoms with van der Waals surface area (Å²) in [7, 11) is 0. The normalized spacial score (nSPS) is 19.4. The Morgan fingerprint density at radius 3 is 2.82 bits per heavy atom. The lowest BCUT2D eigenvalue weighted by Crippen LogP contribution is -2.31. The largest absolute Gasteiger partial charge is 0.351 e. The fourth-order valence-corrected chi connectivity index (χ4v) is 3.09. The lowest BCUT2D eigenvalue weighted by molar-refractivity contribution is -0.117. The van der Waals surface area contributed by atoms with Crippen molar-refractivity contribution in [3.8, 4) is 0 Å². The Hall–Kier alpha value is -2.57. The third kappa shape index (κ3) is 5.71. The topological polar surface area (TPSA) is 94.9 Å². The summed E-state index contributed by atoms with van der Waals surface area (Å²) in [6, 6.07) is 3.14. The molecule has 0 radical (unpaired) electrons. The van der Waals surface area contributed by atoms with Crippen LogP contribution in [-0.2, 0) is 4.79 Å². The second kappa shape index (κ2) is 8.20. The van der Waals surface area contributed by atoms with Gasteiger partial charge in [0.15, 0.2) is 0 Å². The number of nitrogens with zero attached hydrogens (tertiary/aromatic N) is 1. The van der Waals surface area contributed by atoms with E-state index >= 15 is 0 Å². The van der Waals surface area contributed by atoms with Crippen LogP contribution in [-0.4, -0.2) is 35.2 Å². The minimum Gasteiger partial charge on any atom is -0.351 e. The summed E-state index contributed by atoms with van der Waals surface area (Å²) in [5.74, 6) is 0.105. The minimum absolute atomic E-state index is 0.0577. The highest BCUT2D eigenvalue weighted by Crippen LogP contribution is 2.39. The molecule has 1 saturated carbocycles. The number of hydrogen-bond donors (Lipinski definition) is 3. The van der Waals surface area contributed by atoms with Crippen LogP contribution in [0.15, 0.2) is 30.0 Å². The molecule has 0 bridgehead atoms. The summed E-state index contributed by atoms with van der Waals surface area (Å²) >= 11 is 0. The zero-order valence-electron chi connectivity index (χ0n) is 16.3. The molecule has 1 heterocycles. The number of pyridine rings is 1. The van der Waals surface area contributed by atoms with Crippen molar-refractivity contribution in [2.45, 2.75) is 45.2 Å². The standard InChI is InChI=1S/C21H27FN4O2/c1-21(2,22)7-5-14-9-17(14)16(11-23)12-25-19(27)15-6-8-24-18(10-15)26-20(28)13-3-4-13/h6,8-11,13,16-17,23H,3-5,7,12H2,1-2H3,(H,25,27)(H,24,26,28). The number of hydrogen-bond acceptors (Lipinski definition) is 4. The number of allylic oxidation sites excluding steroid dienone is 2. The molecular weight excluding hydrogens is 359 g/mol. The zero-order chi connectivity index (χ0) is 20.3. The van der Waals surface area contributed by atoms with Crippen LogP contribution in [0.2, 0.25) is 0 Å². The second-order valence-corrected chi connectivity index (χ2v) is 8.22. The van der Waals surface area contributed by atoms with Gasteiger partial charge in [0.05, 0.1) is 0 Å². The average Bonchev–Trinajstić information content (AvgIpc) is 3.54. The number of nitrogens with one attached hydrogen (secondary N) is 3. The van der Waals surface area contributed by atoms with Crippen LogP contribution >= 0.6 is 0 Å². The number of carbonyl (C=O) groups excluding carboxylic acids is 2. The molecule has 2 amide bonds. The molecule has 0 saturated heterocycles. The van der Waals surface area contributed by atoms with Crippen LogP contribution in [0.4, 0.5) is 10.2 Å². The number of alkyl halides is 1. The van der Waals surface area contributed by atoms with E-state index in [2.05, 4.69) is 15.6 Å². The van der Waals surface area contributed by atoms with Crippen molar-refractivity contribution >= 4 is 23.8 Å². The van der Waals surface area contributed by atoms with Crippen LogP contribution in [0.25, 0.3) is 0 Å². The van der Waals surface area contributed by atoms with Gasteiger partial charge in [-0.15, -0.1) is 0 Å². The SMILES string of the molecule is CC(C)(F)CCC1=CC1C(C=N)CNC(=O)c1ccnc(NC(=O)C2CC2)c1. The Bertz CT molecular complexity index is 796. The number of amides is 2. The van der Waals surface area contributed by atoms with Crippen molar-refractivity contribution in [1.29, 1.82) is 5.41 Å². The number of rotatable bonds is 10. The maximum absolute atomic E-state index is 13.6. The van der Waals surface area contributed by atoms with E-state index in [4.69, 9.17) is 5.41 Å². The lowest BCUT2D eigenvalue weighted by atomic mass is 9.97. The fourth-order valence-electron chi connectivity index (χ4n) is 3.09. The molecule has 2 unspecified atom stereocenters. The predicted octanol–water partition coefficient (Wildman–Crippen LogP) is 3.51. The van der Waals surface area contributed by atoms with Crippen molar-refractivity contribution in [3.05, 3.63) is 35.5 Å². The van der Waals surface area contributed by atoms with Crippen LogP contribution < -0.4 is 10.6 Å². The summed E-state index contributed by atoms with van der Waals surface area (Å²) in [5, 5.41) is 13.2. The first kappa shape index (κ1) is 20.2. The van der Waals surface area contributed by atoms with Gasteiger partial charge in [-0.1, -0.05) is 11.6 Å². The smallest absolute Gasteiger partial charge is 0.251 e. The van der Waals surface area contributed by atoms with Gasteiger partial charge in [-0.25, -0.2) is 9.37 Å². The first-order valence-corrected chi connectivity index (χ1v) is 9.72. The molecule has 3 N–H and O–H groups in total. The van der Waals surface area contributed by atoms with Crippen molar-refractivity contribution < 1.29 is 14.0 Å².